The molecule has 0 saturated heterocycles. The molecular weight excluding hydrogens is 263 g/mol. The van der Waals surface area contributed by atoms with Crippen molar-refractivity contribution >= 4 is 17.5 Å². The van der Waals surface area contributed by atoms with Crippen molar-refractivity contribution in [2.24, 2.45) is 0 Å². The van der Waals surface area contributed by atoms with Crippen LogP contribution < -0.4 is 5.32 Å². The second-order valence-electron chi connectivity index (χ2n) is 3.81. The minimum absolute atomic E-state index is 0.0273. The third kappa shape index (κ3) is 4.21. The Morgan fingerprint density at radius 2 is 2.28 bits per heavy atom. The summed E-state index contributed by atoms with van der Waals surface area (Å²) in [4.78, 5) is 14.1. The molecule has 5 nitrogen and oxygen atoms in total. The number of hydrogen-bond donors (Lipinski definition) is 3. The van der Waals surface area contributed by atoms with E-state index in [1.807, 2.05) is 0 Å². The van der Waals surface area contributed by atoms with Gasteiger partial charge in [-0.25, -0.2) is 9.37 Å². The lowest BCUT2D eigenvalue weighted by molar-refractivity contribution is -0.119. The number of aromatic nitrogens is 1. The molecule has 3 N–H and O–H groups in total. The van der Waals surface area contributed by atoms with Crippen LogP contribution in [0.2, 0.25) is 5.15 Å². The zero-order valence-electron chi connectivity index (χ0n) is 9.73. The summed E-state index contributed by atoms with van der Waals surface area (Å²) in [6.45, 7) is 1.53. The fourth-order valence-electron chi connectivity index (χ4n) is 1.42. The van der Waals surface area contributed by atoms with E-state index < -0.39 is 18.0 Å². The van der Waals surface area contributed by atoms with Crippen LogP contribution in [0.15, 0.2) is 12.3 Å². The number of aliphatic hydroxyl groups is 2. The number of nitrogens with zero attached hydrogens (tertiary/aromatic N) is 1. The summed E-state index contributed by atoms with van der Waals surface area (Å²) < 4.78 is 13.4. The Kier molecular flexibility index (Phi) is 5.46. The van der Waals surface area contributed by atoms with E-state index in [-0.39, 0.29) is 29.6 Å². The van der Waals surface area contributed by atoms with Gasteiger partial charge in [-0.2, -0.15) is 0 Å². The first-order valence-electron chi connectivity index (χ1n) is 5.33. The highest BCUT2D eigenvalue weighted by Gasteiger charge is 2.22. The van der Waals surface area contributed by atoms with E-state index in [0.29, 0.717) is 0 Å². The molecule has 1 amide bonds. The standard InChI is InChI=1S/C11H14ClFN2O3/c1-6(16)14-3-2-9(17)11(18)7-4-10(12)15-5-8(7)13/h4-5,9,11,17-18H,2-3H2,1H3,(H,14,16). The number of carbonyl (C=O) groups is 1. The van der Waals surface area contributed by atoms with E-state index in [4.69, 9.17) is 11.6 Å². The third-order valence-electron chi connectivity index (χ3n) is 2.35. The second-order valence-corrected chi connectivity index (χ2v) is 4.20. The van der Waals surface area contributed by atoms with Gasteiger partial charge in [-0.1, -0.05) is 11.6 Å². The summed E-state index contributed by atoms with van der Waals surface area (Å²) >= 11 is 5.58. The average Bonchev–Trinajstić information content (AvgIpc) is 2.30. The SMILES string of the molecule is CC(=O)NCCC(O)C(O)c1cc(Cl)ncc1F. The molecular formula is C11H14ClFN2O3. The zero-order valence-corrected chi connectivity index (χ0v) is 10.5. The van der Waals surface area contributed by atoms with Crippen molar-refractivity contribution in [3.05, 3.63) is 28.8 Å². The number of halogens is 2. The van der Waals surface area contributed by atoms with Gasteiger partial charge in [-0.05, 0) is 12.5 Å². The van der Waals surface area contributed by atoms with Crippen molar-refractivity contribution in [1.29, 1.82) is 0 Å². The number of aliphatic hydroxyl groups excluding tert-OH is 2. The first-order chi connectivity index (χ1) is 8.41. The molecule has 2 atom stereocenters. The van der Waals surface area contributed by atoms with Gasteiger partial charge in [0.2, 0.25) is 5.91 Å². The number of carbonyl (C=O) groups excluding carboxylic acids is 1. The Hall–Kier alpha value is -1.24. The van der Waals surface area contributed by atoms with Gasteiger partial charge in [0.05, 0.1) is 12.3 Å². The molecule has 1 heterocycles. The predicted molar refractivity (Wildman–Crippen MR) is 63.5 cm³/mol. The van der Waals surface area contributed by atoms with Crippen LogP contribution in [-0.2, 0) is 4.79 Å². The quantitative estimate of drug-likeness (QED) is 0.695. The molecule has 1 aromatic rings. The van der Waals surface area contributed by atoms with Gasteiger partial charge in [0, 0.05) is 19.0 Å². The maximum Gasteiger partial charge on any atom is 0.216 e. The van der Waals surface area contributed by atoms with Crippen LogP contribution in [-0.4, -0.2) is 33.8 Å². The molecule has 0 aliphatic heterocycles. The molecule has 0 radical (unpaired) electrons. The summed E-state index contributed by atoms with van der Waals surface area (Å²) in [5.41, 5.74) is -0.120. The molecule has 0 bridgehead atoms. The summed E-state index contributed by atoms with van der Waals surface area (Å²) in [7, 11) is 0. The Balaban J connectivity index is 2.64. The minimum atomic E-state index is -1.42. The highest BCUT2D eigenvalue weighted by molar-refractivity contribution is 6.29. The van der Waals surface area contributed by atoms with Crippen molar-refractivity contribution in [1.82, 2.24) is 10.3 Å². The zero-order chi connectivity index (χ0) is 13.7. The van der Waals surface area contributed by atoms with Gasteiger partial charge in [-0.3, -0.25) is 4.79 Å². The summed E-state index contributed by atoms with van der Waals surface area (Å²) in [6.07, 6.45) is -1.65. The van der Waals surface area contributed by atoms with Crippen molar-refractivity contribution in [3.8, 4) is 0 Å². The lowest BCUT2D eigenvalue weighted by Gasteiger charge is -2.18. The molecule has 1 aromatic heterocycles. The topological polar surface area (TPSA) is 82.5 Å². The van der Waals surface area contributed by atoms with Gasteiger partial charge >= 0.3 is 0 Å². The van der Waals surface area contributed by atoms with Crippen LogP contribution in [0.5, 0.6) is 0 Å². The van der Waals surface area contributed by atoms with Gasteiger partial charge in [0.15, 0.2) is 0 Å². The largest absolute Gasteiger partial charge is 0.390 e. The maximum absolute atomic E-state index is 13.4. The predicted octanol–water partition coefficient (Wildman–Crippen LogP) is 0.795. The first-order valence-corrected chi connectivity index (χ1v) is 5.71. The second kappa shape index (κ2) is 6.63. The number of hydrogen-bond acceptors (Lipinski definition) is 4. The summed E-state index contributed by atoms with van der Waals surface area (Å²) in [5.74, 6) is -0.986. The van der Waals surface area contributed by atoms with Gasteiger partial charge in [-0.15, -0.1) is 0 Å². The van der Waals surface area contributed by atoms with E-state index in [0.717, 1.165) is 12.3 Å². The molecule has 0 aliphatic rings. The molecule has 100 valence electrons. The van der Waals surface area contributed by atoms with E-state index in [9.17, 15) is 19.4 Å². The highest BCUT2D eigenvalue weighted by atomic mass is 35.5. The van der Waals surface area contributed by atoms with E-state index in [2.05, 4.69) is 10.3 Å². The molecule has 7 heteroatoms. The number of amides is 1. The molecule has 0 aliphatic carbocycles. The number of rotatable bonds is 5. The van der Waals surface area contributed by atoms with Crippen molar-refractivity contribution in [2.75, 3.05) is 6.54 Å². The van der Waals surface area contributed by atoms with Crippen LogP contribution in [0.4, 0.5) is 4.39 Å². The van der Waals surface area contributed by atoms with E-state index >= 15 is 0 Å². The maximum atomic E-state index is 13.4. The Morgan fingerprint density at radius 1 is 1.61 bits per heavy atom. The fourth-order valence-corrected chi connectivity index (χ4v) is 1.58. The van der Waals surface area contributed by atoms with E-state index in [1.54, 1.807) is 0 Å². The van der Waals surface area contributed by atoms with Gasteiger partial charge < -0.3 is 15.5 Å². The first kappa shape index (κ1) is 14.8. The Bertz CT molecular complexity index is 431. The summed E-state index contributed by atoms with van der Waals surface area (Å²) in [6, 6.07) is 1.16. The van der Waals surface area contributed by atoms with Crippen LogP contribution in [0.3, 0.4) is 0 Å². The van der Waals surface area contributed by atoms with Crippen LogP contribution in [0, 0.1) is 5.82 Å². The molecule has 18 heavy (non-hydrogen) atoms. The number of nitrogens with one attached hydrogen (secondary N) is 1. The van der Waals surface area contributed by atoms with Crippen LogP contribution >= 0.6 is 11.6 Å². The van der Waals surface area contributed by atoms with Crippen LogP contribution in [0.25, 0.3) is 0 Å². The van der Waals surface area contributed by atoms with E-state index in [1.165, 1.54) is 6.92 Å². The number of pyridine rings is 1. The lowest BCUT2D eigenvalue weighted by atomic mass is 10.0. The minimum Gasteiger partial charge on any atom is -0.390 e. The van der Waals surface area contributed by atoms with Crippen molar-refractivity contribution in [3.63, 3.8) is 0 Å². The lowest BCUT2D eigenvalue weighted by Crippen LogP contribution is -2.28. The van der Waals surface area contributed by atoms with Crippen molar-refractivity contribution in [2.45, 2.75) is 25.6 Å². The smallest absolute Gasteiger partial charge is 0.216 e. The third-order valence-corrected chi connectivity index (χ3v) is 2.56. The average molecular weight is 277 g/mol. The molecule has 1 rings (SSSR count). The summed E-state index contributed by atoms with van der Waals surface area (Å²) in [5, 5.41) is 21.9. The van der Waals surface area contributed by atoms with Gasteiger partial charge in [0.25, 0.3) is 0 Å². The molecule has 2 unspecified atom stereocenters. The molecule has 0 fully saturated rings. The highest BCUT2D eigenvalue weighted by Crippen LogP contribution is 2.23. The van der Waals surface area contributed by atoms with Crippen LogP contribution in [0.1, 0.15) is 25.0 Å². The monoisotopic (exact) mass is 276 g/mol. The fraction of sp³-hybridized carbons (Fsp3) is 0.455. The van der Waals surface area contributed by atoms with Crippen molar-refractivity contribution < 1.29 is 19.4 Å². The van der Waals surface area contributed by atoms with Gasteiger partial charge in [0.1, 0.15) is 17.1 Å². The molecule has 0 saturated carbocycles. The Labute approximate surface area is 109 Å². The Morgan fingerprint density at radius 3 is 2.89 bits per heavy atom. The normalized spacial score (nSPS) is 14.1. The molecule has 0 spiro atoms. The molecule has 0 aromatic carbocycles.